The Balaban J connectivity index is 0. The summed E-state index contributed by atoms with van der Waals surface area (Å²) >= 11 is 0. The van der Waals surface area contributed by atoms with Crippen molar-refractivity contribution in [3.8, 4) is 5.75 Å². The van der Waals surface area contributed by atoms with Crippen LogP contribution in [0.4, 0.5) is 0 Å². The van der Waals surface area contributed by atoms with Crippen molar-refractivity contribution in [1.29, 1.82) is 0 Å². The van der Waals surface area contributed by atoms with Gasteiger partial charge in [-0.1, -0.05) is 24.8 Å². The van der Waals surface area contributed by atoms with Gasteiger partial charge in [0.2, 0.25) is 0 Å². The van der Waals surface area contributed by atoms with Crippen molar-refractivity contribution in [2.45, 2.75) is 0 Å². The zero-order valence-electron chi connectivity index (χ0n) is 8.47. The Hall–Kier alpha value is 0.381. The third-order valence-electron chi connectivity index (χ3n) is 1.36. The van der Waals surface area contributed by atoms with Crippen molar-refractivity contribution >= 4 is 13.4 Å². The Morgan fingerprint density at radius 2 is 1.85 bits per heavy atom. The molecule has 0 saturated heterocycles. The number of benzene rings is 1. The van der Waals surface area contributed by atoms with Gasteiger partial charge < -0.3 is 16.1 Å². The quantitative estimate of drug-likeness (QED) is 0.549. The first kappa shape index (κ1) is 13.4. The van der Waals surface area contributed by atoms with Crippen LogP contribution in [-0.4, -0.2) is 17.4 Å². The summed E-state index contributed by atoms with van der Waals surface area (Å²) in [5, 5.41) is 16.9. The van der Waals surface area contributed by atoms with Crippen molar-refractivity contribution in [2.75, 3.05) is 0 Å². The van der Waals surface area contributed by atoms with E-state index in [-0.39, 0.29) is 52.8 Å². The second-order valence-electron chi connectivity index (χ2n) is 2.22. The van der Waals surface area contributed by atoms with Crippen LogP contribution >= 0.6 is 0 Å². The van der Waals surface area contributed by atoms with E-state index in [1.54, 1.807) is 30.3 Å². The van der Waals surface area contributed by atoms with Crippen LogP contribution in [0, 0.1) is 0 Å². The zero-order valence-corrected chi connectivity index (χ0v) is 10.6. The molecule has 0 aromatic heterocycles. The van der Waals surface area contributed by atoms with Crippen LogP contribution in [0.5, 0.6) is 5.75 Å². The topological polar surface area (TPSA) is 49.7 Å². The third kappa shape index (κ3) is 4.97. The predicted octanol–water partition coefficient (Wildman–Crippen LogP) is -2.21. The number of hydrogen-bond acceptors (Lipinski definition) is 3. The maximum absolute atomic E-state index is 8.45. The van der Waals surface area contributed by atoms with Crippen LogP contribution in [0.1, 0.15) is 6.99 Å². The van der Waals surface area contributed by atoms with Crippen molar-refractivity contribution in [1.82, 2.24) is 0 Å². The van der Waals surface area contributed by atoms with Crippen molar-refractivity contribution in [2.24, 2.45) is 0 Å². The van der Waals surface area contributed by atoms with Gasteiger partial charge in [-0.2, -0.15) is 0 Å². The average Bonchev–Trinajstić information content (AvgIpc) is 2.05. The van der Waals surface area contributed by atoms with E-state index in [0.717, 1.165) is 5.56 Å². The normalized spacial score (nSPS) is 8.46. The van der Waals surface area contributed by atoms with Gasteiger partial charge in [-0.3, -0.25) is 0 Å². The molecule has 0 unspecified atom stereocenters. The van der Waals surface area contributed by atoms with Gasteiger partial charge in [-0.05, 0) is 17.7 Å². The van der Waals surface area contributed by atoms with Crippen LogP contribution in [-0.2, 0) is 0 Å². The van der Waals surface area contributed by atoms with Gasteiger partial charge >= 0.3 is 58.7 Å². The van der Waals surface area contributed by atoms with Crippen LogP contribution in [0.25, 0.3) is 6.08 Å². The first-order valence-electron chi connectivity index (χ1n) is 3.47. The molecule has 0 saturated carbocycles. The summed E-state index contributed by atoms with van der Waals surface area (Å²) in [6, 6.07) is 6.81. The van der Waals surface area contributed by atoms with Crippen molar-refractivity contribution in [3.05, 3.63) is 36.4 Å². The fourth-order valence-electron chi connectivity index (χ4n) is 0.804. The monoisotopic (exact) mass is 204 g/mol. The molecule has 0 amide bonds. The molecule has 0 aliphatic carbocycles. The molecule has 0 fully saturated rings. The minimum absolute atomic E-state index is 0. The summed E-state index contributed by atoms with van der Waals surface area (Å²) < 4.78 is 4.59. The summed E-state index contributed by atoms with van der Waals surface area (Å²) in [7, 11) is -1.76. The maximum atomic E-state index is 8.45. The van der Waals surface area contributed by atoms with Crippen LogP contribution in [0.15, 0.2) is 30.8 Å². The van der Waals surface area contributed by atoms with E-state index < -0.39 is 7.32 Å². The fraction of sp³-hybridized carbons (Fsp3) is 0. The van der Waals surface area contributed by atoms with Crippen LogP contribution in [0.3, 0.4) is 0 Å². The second-order valence-corrected chi connectivity index (χ2v) is 2.22. The molecule has 0 spiro atoms. The van der Waals surface area contributed by atoms with Gasteiger partial charge in [0.05, 0.1) is 0 Å². The van der Waals surface area contributed by atoms with E-state index >= 15 is 0 Å². The van der Waals surface area contributed by atoms with Gasteiger partial charge in [0.15, 0.2) is 0 Å². The fourth-order valence-corrected chi connectivity index (χ4v) is 0.804. The molecule has 0 atom stereocenters. The molecule has 1 aromatic carbocycles. The van der Waals surface area contributed by atoms with E-state index in [9.17, 15) is 0 Å². The Labute approximate surface area is 122 Å². The summed E-state index contributed by atoms with van der Waals surface area (Å²) in [6.45, 7) is 3.58. The van der Waals surface area contributed by atoms with E-state index in [0.29, 0.717) is 5.75 Å². The standard InChI is InChI=1S/C8H9BO3.K.H/c1-2-7-3-5-8(6-4-7)12-9(10)11;;/h2-6,10-11H,1H2;;/q;+1;-1. The molecule has 0 radical (unpaired) electrons. The molecule has 0 aliphatic rings. The Kier molecular flexibility index (Phi) is 6.98. The van der Waals surface area contributed by atoms with Crippen molar-refractivity contribution < 1.29 is 67.5 Å². The second kappa shape index (κ2) is 6.78. The summed E-state index contributed by atoms with van der Waals surface area (Å²) in [6.07, 6.45) is 1.69. The third-order valence-corrected chi connectivity index (χ3v) is 1.36. The van der Waals surface area contributed by atoms with Gasteiger partial charge in [-0.25, -0.2) is 0 Å². The van der Waals surface area contributed by atoms with Gasteiger partial charge in [0, 0.05) is 0 Å². The SMILES string of the molecule is C=Cc1ccc(OB(O)O)cc1.[H-].[K+]. The molecule has 0 bridgehead atoms. The molecular weight excluding hydrogens is 194 g/mol. The minimum Gasteiger partial charge on any atom is -1.00 e. The molecule has 5 heteroatoms. The summed E-state index contributed by atoms with van der Waals surface area (Å²) in [5.74, 6) is 0.413. The summed E-state index contributed by atoms with van der Waals surface area (Å²) in [5.41, 5.74) is 0.953. The van der Waals surface area contributed by atoms with Crippen LogP contribution < -0.4 is 56.0 Å². The van der Waals surface area contributed by atoms with E-state index in [1.807, 2.05) is 0 Å². The van der Waals surface area contributed by atoms with E-state index in [4.69, 9.17) is 10.0 Å². The van der Waals surface area contributed by atoms with Gasteiger partial charge in [0.1, 0.15) is 5.75 Å². The molecule has 2 N–H and O–H groups in total. The molecule has 3 nitrogen and oxygen atoms in total. The van der Waals surface area contributed by atoms with Gasteiger partial charge in [0.25, 0.3) is 0 Å². The van der Waals surface area contributed by atoms with E-state index in [1.165, 1.54) is 0 Å². The molecule has 13 heavy (non-hydrogen) atoms. The number of rotatable bonds is 3. The molecule has 1 aromatic rings. The first-order chi connectivity index (χ1) is 5.72. The zero-order chi connectivity index (χ0) is 8.97. The molecular formula is C8H10BKO3. The van der Waals surface area contributed by atoms with Crippen LogP contribution in [0.2, 0.25) is 0 Å². The maximum Gasteiger partial charge on any atom is 1.00 e. The molecule has 1 rings (SSSR count). The molecule has 0 aliphatic heterocycles. The largest absolute Gasteiger partial charge is 1.00 e. The molecule has 0 heterocycles. The Morgan fingerprint density at radius 3 is 2.23 bits per heavy atom. The first-order valence-corrected chi connectivity index (χ1v) is 3.47. The van der Waals surface area contributed by atoms with E-state index in [2.05, 4.69) is 11.2 Å². The minimum atomic E-state index is -1.76. The Morgan fingerprint density at radius 1 is 1.31 bits per heavy atom. The van der Waals surface area contributed by atoms with Crippen molar-refractivity contribution in [3.63, 3.8) is 0 Å². The smallest absolute Gasteiger partial charge is 1.00 e. The van der Waals surface area contributed by atoms with Gasteiger partial charge in [-0.15, -0.1) is 0 Å². The average molecular weight is 204 g/mol. The predicted molar refractivity (Wildman–Crippen MR) is 48.5 cm³/mol. The Bertz CT molecular complexity index is 266. The summed E-state index contributed by atoms with van der Waals surface area (Å²) in [4.78, 5) is 0. The molecule has 64 valence electrons. The number of hydrogen-bond donors (Lipinski definition) is 2.